The Morgan fingerprint density at radius 3 is 2.39 bits per heavy atom. The van der Waals surface area contributed by atoms with E-state index < -0.39 is 9.84 Å². The first-order valence-corrected chi connectivity index (χ1v) is 10.00. The molecule has 1 heterocycles. The minimum absolute atomic E-state index is 0.0380. The van der Waals surface area contributed by atoms with E-state index >= 15 is 0 Å². The Hall–Kier alpha value is -1.36. The largest absolute Gasteiger partial charge is 0.335 e. The highest BCUT2D eigenvalue weighted by molar-refractivity contribution is 7.91. The molecular weight excluding hydrogens is 310 g/mol. The number of hydrogen-bond acceptors (Lipinski definition) is 3. The van der Waals surface area contributed by atoms with Crippen molar-refractivity contribution in [1.29, 1.82) is 0 Å². The Morgan fingerprint density at radius 2 is 1.96 bits per heavy atom. The number of hydrogen-bond donors (Lipinski definition) is 0. The van der Waals surface area contributed by atoms with Crippen LogP contribution in [0.25, 0.3) is 0 Å². The van der Waals surface area contributed by atoms with Gasteiger partial charge in [0.1, 0.15) is 0 Å². The molecule has 0 aromatic heterocycles. The molecule has 1 saturated heterocycles. The third-order valence-corrected chi connectivity index (χ3v) is 6.32. The third kappa shape index (κ3) is 3.94. The van der Waals surface area contributed by atoms with Crippen molar-refractivity contribution in [2.75, 3.05) is 18.1 Å². The quantitative estimate of drug-likeness (QED) is 0.852. The van der Waals surface area contributed by atoms with Gasteiger partial charge >= 0.3 is 0 Å². The molecule has 0 bridgehead atoms. The highest BCUT2D eigenvalue weighted by Gasteiger charge is 2.34. The van der Waals surface area contributed by atoms with E-state index in [1.54, 1.807) is 4.90 Å². The highest BCUT2D eigenvalue weighted by atomic mass is 32.2. The van der Waals surface area contributed by atoms with Crippen LogP contribution in [0.5, 0.6) is 0 Å². The predicted octanol–water partition coefficient (Wildman–Crippen LogP) is 2.94. The van der Waals surface area contributed by atoms with E-state index in [1.807, 2.05) is 26.0 Å². The summed E-state index contributed by atoms with van der Waals surface area (Å²) in [4.78, 5) is 14.6. The van der Waals surface area contributed by atoms with Gasteiger partial charge in [0.05, 0.1) is 11.5 Å². The lowest BCUT2D eigenvalue weighted by molar-refractivity contribution is 0.0707. The number of carbonyl (C=O) groups excluding carboxylic acids is 1. The van der Waals surface area contributed by atoms with Crippen LogP contribution in [0.1, 0.15) is 55.6 Å². The SMILES string of the molecule is CCN(C(=O)c1ccc(C(C)(C)C)cc1C)C1CCS(=O)(=O)C1. The van der Waals surface area contributed by atoms with Crippen molar-refractivity contribution in [2.45, 2.75) is 52.5 Å². The summed E-state index contributed by atoms with van der Waals surface area (Å²) < 4.78 is 23.4. The second-order valence-corrected chi connectivity index (χ2v) is 9.66. The Balaban J connectivity index is 2.28. The monoisotopic (exact) mass is 337 g/mol. The fourth-order valence-electron chi connectivity index (χ4n) is 3.11. The summed E-state index contributed by atoms with van der Waals surface area (Å²) in [6, 6.07) is 5.75. The molecule has 1 unspecified atom stereocenters. The van der Waals surface area contributed by atoms with E-state index in [9.17, 15) is 13.2 Å². The summed E-state index contributed by atoms with van der Waals surface area (Å²) in [6.07, 6.45) is 0.543. The van der Waals surface area contributed by atoms with Crippen LogP contribution in [-0.4, -0.2) is 43.3 Å². The third-order valence-electron chi connectivity index (χ3n) is 4.57. The molecule has 0 spiro atoms. The Bertz CT molecular complexity index is 701. The minimum Gasteiger partial charge on any atom is -0.335 e. The van der Waals surface area contributed by atoms with E-state index in [1.165, 1.54) is 5.56 Å². The van der Waals surface area contributed by atoms with E-state index in [0.29, 0.717) is 18.5 Å². The molecule has 1 fully saturated rings. The van der Waals surface area contributed by atoms with Gasteiger partial charge in [-0.25, -0.2) is 8.42 Å². The lowest BCUT2D eigenvalue weighted by Crippen LogP contribution is -2.41. The summed E-state index contributed by atoms with van der Waals surface area (Å²) in [6.45, 7) is 10.8. The van der Waals surface area contributed by atoms with Gasteiger partial charge in [0.25, 0.3) is 5.91 Å². The topological polar surface area (TPSA) is 54.5 Å². The average molecular weight is 337 g/mol. The Kier molecular flexibility index (Phi) is 4.90. The van der Waals surface area contributed by atoms with Gasteiger partial charge in [0.2, 0.25) is 0 Å². The smallest absolute Gasteiger partial charge is 0.254 e. The van der Waals surface area contributed by atoms with E-state index in [2.05, 4.69) is 26.8 Å². The van der Waals surface area contributed by atoms with Crippen molar-refractivity contribution in [2.24, 2.45) is 0 Å². The molecule has 0 N–H and O–H groups in total. The number of benzene rings is 1. The van der Waals surface area contributed by atoms with Crippen LogP contribution in [0.4, 0.5) is 0 Å². The minimum atomic E-state index is -3.00. The fraction of sp³-hybridized carbons (Fsp3) is 0.611. The van der Waals surface area contributed by atoms with Gasteiger partial charge in [-0.3, -0.25) is 4.79 Å². The molecule has 0 aliphatic carbocycles. The summed E-state index contributed by atoms with van der Waals surface area (Å²) in [5.74, 6) is 0.210. The number of rotatable bonds is 3. The zero-order chi connectivity index (χ0) is 17.4. The summed E-state index contributed by atoms with van der Waals surface area (Å²) in [5.41, 5.74) is 2.85. The Morgan fingerprint density at radius 1 is 1.30 bits per heavy atom. The molecule has 0 saturated carbocycles. The molecule has 1 atom stereocenters. The maximum atomic E-state index is 12.9. The van der Waals surface area contributed by atoms with Crippen molar-refractivity contribution < 1.29 is 13.2 Å². The van der Waals surface area contributed by atoms with E-state index in [0.717, 1.165) is 5.56 Å². The first-order chi connectivity index (χ1) is 10.5. The van der Waals surface area contributed by atoms with Crippen molar-refractivity contribution >= 4 is 15.7 Å². The van der Waals surface area contributed by atoms with Crippen molar-refractivity contribution in [1.82, 2.24) is 4.90 Å². The van der Waals surface area contributed by atoms with Gasteiger partial charge in [-0.2, -0.15) is 0 Å². The van der Waals surface area contributed by atoms with Crippen molar-refractivity contribution in [3.8, 4) is 0 Å². The van der Waals surface area contributed by atoms with E-state index in [-0.39, 0.29) is 28.9 Å². The maximum absolute atomic E-state index is 12.9. The lowest BCUT2D eigenvalue weighted by Gasteiger charge is -2.28. The second-order valence-electron chi connectivity index (χ2n) is 7.43. The Labute approximate surface area is 139 Å². The second kappa shape index (κ2) is 6.27. The first kappa shape index (κ1) is 18.0. The molecule has 1 aromatic rings. The molecule has 5 heteroatoms. The van der Waals surface area contributed by atoms with E-state index in [4.69, 9.17) is 0 Å². The van der Waals surface area contributed by atoms with Crippen molar-refractivity contribution in [3.05, 3.63) is 34.9 Å². The predicted molar refractivity (Wildman–Crippen MR) is 93.6 cm³/mol. The molecule has 1 aliphatic heterocycles. The highest BCUT2D eigenvalue weighted by Crippen LogP contribution is 2.26. The molecule has 1 aromatic carbocycles. The molecule has 1 amide bonds. The number of nitrogens with zero attached hydrogens (tertiary/aromatic N) is 1. The zero-order valence-corrected chi connectivity index (χ0v) is 15.5. The zero-order valence-electron chi connectivity index (χ0n) is 14.7. The van der Waals surface area contributed by atoms with Gasteiger partial charge in [-0.15, -0.1) is 0 Å². The lowest BCUT2D eigenvalue weighted by atomic mass is 9.85. The molecule has 0 radical (unpaired) electrons. The number of carbonyl (C=O) groups is 1. The molecule has 2 rings (SSSR count). The fourth-order valence-corrected chi connectivity index (χ4v) is 4.84. The number of amides is 1. The number of aryl methyl sites for hydroxylation is 1. The summed E-state index contributed by atoms with van der Waals surface area (Å²) >= 11 is 0. The summed E-state index contributed by atoms with van der Waals surface area (Å²) in [7, 11) is -3.00. The maximum Gasteiger partial charge on any atom is 0.254 e. The number of sulfone groups is 1. The van der Waals surface area contributed by atoms with Gasteiger partial charge in [0.15, 0.2) is 9.84 Å². The van der Waals surface area contributed by atoms with Crippen LogP contribution in [0.15, 0.2) is 18.2 Å². The van der Waals surface area contributed by atoms with Crippen molar-refractivity contribution in [3.63, 3.8) is 0 Å². The van der Waals surface area contributed by atoms with Gasteiger partial charge < -0.3 is 4.90 Å². The van der Waals surface area contributed by atoms with Crippen LogP contribution in [-0.2, 0) is 15.3 Å². The van der Waals surface area contributed by atoms with Crippen LogP contribution in [0.2, 0.25) is 0 Å². The first-order valence-electron chi connectivity index (χ1n) is 8.17. The molecule has 1 aliphatic rings. The van der Waals surface area contributed by atoms with Crippen LogP contribution in [0, 0.1) is 6.92 Å². The normalized spacial score (nSPS) is 20.5. The molecule has 4 nitrogen and oxygen atoms in total. The van der Waals surface area contributed by atoms with Crippen LogP contribution < -0.4 is 0 Å². The molecule has 128 valence electrons. The summed E-state index contributed by atoms with van der Waals surface area (Å²) in [5, 5.41) is 0. The van der Waals surface area contributed by atoms with Gasteiger partial charge in [-0.1, -0.05) is 32.9 Å². The van der Waals surface area contributed by atoms with Gasteiger partial charge in [0, 0.05) is 18.2 Å². The molecular formula is C18H27NO3S. The van der Waals surface area contributed by atoms with Crippen LogP contribution in [0.3, 0.4) is 0 Å². The molecule has 23 heavy (non-hydrogen) atoms. The average Bonchev–Trinajstić information content (AvgIpc) is 2.78. The van der Waals surface area contributed by atoms with Crippen LogP contribution >= 0.6 is 0 Å². The van der Waals surface area contributed by atoms with Gasteiger partial charge in [-0.05, 0) is 42.9 Å². The standard InChI is InChI=1S/C18H27NO3S/c1-6-19(15-9-10-23(21,22)12-15)17(20)16-8-7-14(11-13(16)2)18(3,4)5/h7-8,11,15H,6,9-10,12H2,1-5H3.